The third-order valence-corrected chi connectivity index (χ3v) is 3.75. The number of nitrogens with one attached hydrogen (secondary N) is 1. The van der Waals surface area contributed by atoms with Crippen LogP contribution < -0.4 is 5.32 Å². The van der Waals surface area contributed by atoms with E-state index in [0.717, 1.165) is 22.8 Å². The molecule has 5 heteroatoms. The van der Waals surface area contributed by atoms with Gasteiger partial charge in [-0.1, -0.05) is 18.2 Å². The van der Waals surface area contributed by atoms with Gasteiger partial charge in [-0.05, 0) is 24.6 Å². The molecule has 0 saturated carbocycles. The summed E-state index contributed by atoms with van der Waals surface area (Å²) in [5.74, 6) is -0.133. The van der Waals surface area contributed by atoms with Crippen LogP contribution in [-0.4, -0.2) is 15.9 Å². The highest BCUT2D eigenvalue weighted by atomic mass is 32.1. The summed E-state index contributed by atoms with van der Waals surface area (Å²) >= 11 is 1.62. The first-order chi connectivity index (χ1) is 9.33. The zero-order valence-electron chi connectivity index (χ0n) is 10.3. The lowest BCUT2D eigenvalue weighted by Gasteiger charge is -2.04. The number of nitrogens with zero attached hydrogens (tertiary/aromatic N) is 2. The predicted octanol–water partition coefficient (Wildman–Crippen LogP) is 2.87. The molecule has 98 valence electrons. The molecule has 0 amide bonds. The molecule has 0 unspecified atom stereocenters. The van der Waals surface area contributed by atoms with Crippen molar-refractivity contribution in [2.24, 2.45) is 0 Å². The number of imidazole rings is 1. The van der Waals surface area contributed by atoms with E-state index in [9.17, 15) is 4.39 Å². The van der Waals surface area contributed by atoms with Crippen molar-refractivity contribution < 1.29 is 4.39 Å². The molecular formula is C14H14FN3S. The van der Waals surface area contributed by atoms with Gasteiger partial charge in [-0.3, -0.25) is 4.40 Å². The number of rotatable bonds is 5. The lowest BCUT2D eigenvalue weighted by Crippen LogP contribution is -2.17. The Balaban J connectivity index is 1.51. The Bertz CT molecular complexity index is 645. The van der Waals surface area contributed by atoms with Crippen LogP contribution in [0.3, 0.4) is 0 Å². The fourth-order valence-corrected chi connectivity index (χ4v) is 2.72. The maximum absolute atomic E-state index is 13.4. The van der Waals surface area contributed by atoms with Gasteiger partial charge in [0.05, 0.1) is 5.69 Å². The Kier molecular flexibility index (Phi) is 3.57. The number of fused-ring (bicyclic) bond motifs is 1. The second kappa shape index (κ2) is 5.50. The quantitative estimate of drug-likeness (QED) is 0.726. The van der Waals surface area contributed by atoms with Crippen molar-refractivity contribution >= 4 is 16.3 Å². The van der Waals surface area contributed by atoms with Crippen molar-refractivity contribution in [1.29, 1.82) is 0 Å². The van der Waals surface area contributed by atoms with Gasteiger partial charge in [0.1, 0.15) is 5.82 Å². The normalized spacial score (nSPS) is 11.2. The number of hydrogen-bond acceptors (Lipinski definition) is 3. The van der Waals surface area contributed by atoms with Crippen molar-refractivity contribution in [2.75, 3.05) is 6.54 Å². The van der Waals surface area contributed by atoms with Crippen LogP contribution in [0, 0.1) is 5.82 Å². The monoisotopic (exact) mass is 275 g/mol. The summed E-state index contributed by atoms with van der Waals surface area (Å²) in [6.07, 6.45) is 4.70. The highest BCUT2D eigenvalue weighted by Crippen LogP contribution is 2.11. The molecule has 3 rings (SSSR count). The van der Waals surface area contributed by atoms with Gasteiger partial charge in [-0.2, -0.15) is 0 Å². The number of benzene rings is 1. The fourth-order valence-electron chi connectivity index (χ4n) is 2.00. The first-order valence-corrected chi connectivity index (χ1v) is 7.06. The first-order valence-electron chi connectivity index (χ1n) is 6.18. The SMILES string of the molecule is Fc1ccccc1CCNCc1cn2ccsc2n1. The lowest BCUT2D eigenvalue weighted by atomic mass is 10.1. The molecule has 0 atom stereocenters. The van der Waals surface area contributed by atoms with Crippen LogP contribution in [0.2, 0.25) is 0 Å². The van der Waals surface area contributed by atoms with Gasteiger partial charge in [0, 0.05) is 24.3 Å². The Morgan fingerprint density at radius 3 is 3.05 bits per heavy atom. The average Bonchev–Trinajstić information content (AvgIpc) is 2.97. The van der Waals surface area contributed by atoms with Crippen molar-refractivity contribution in [2.45, 2.75) is 13.0 Å². The molecule has 3 aromatic rings. The van der Waals surface area contributed by atoms with Crippen molar-refractivity contribution in [1.82, 2.24) is 14.7 Å². The maximum Gasteiger partial charge on any atom is 0.193 e. The minimum absolute atomic E-state index is 0.133. The number of thiazole rings is 1. The van der Waals surface area contributed by atoms with Gasteiger partial charge in [0.25, 0.3) is 0 Å². The molecule has 1 N–H and O–H groups in total. The minimum atomic E-state index is -0.133. The van der Waals surface area contributed by atoms with E-state index in [1.165, 1.54) is 6.07 Å². The average molecular weight is 275 g/mol. The largest absolute Gasteiger partial charge is 0.311 e. The topological polar surface area (TPSA) is 29.3 Å². The van der Waals surface area contributed by atoms with Crippen molar-refractivity contribution in [3.63, 3.8) is 0 Å². The Morgan fingerprint density at radius 1 is 1.32 bits per heavy atom. The summed E-state index contributed by atoms with van der Waals surface area (Å²) in [4.78, 5) is 5.49. The molecule has 0 spiro atoms. The molecule has 0 saturated heterocycles. The van der Waals surface area contributed by atoms with Crippen molar-refractivity contribution in [3.05, 3.63) is 59.1 Å². The molecule has 0 bridgehead atoms. The van der Waals surface area contributed by atoms with Crippen LogP contribution in [0.5, 0.6) is 0 Å². The molecule has 19 heavy (non-hydrogen) atoms. The zero-order valence-corrected chi connectivity index (χ0v) is 11.2. The van der Waals surface area contributed by atoms with E-state index in [1.807, 2.05) is 34.3 Å². The molecular weight excluding hydrogens is 261 g/mol. The van der Waals surface area contributed by atoms with Crippen LogP contribution in [-0.2, 0) is 13.0 Å². The third-order valence-electron chi connectivity index (χ3n) is 2.98. The number of hydrogen-bond donors (Lipinski definition) is 1. The summed E-state index contributed by atoms with van der Waals surface area (Å²) in [6, 6.07) is 6.90. The van der Waals surface area contributed by atoms with E-state index in [4.69, 9.17) is 0 Å². The summed E-state index contributed by atoms with van der Waals surface area (Å²) in [5.41, 5.74) is 1.77. The van der Waals surface area contributed by atoms with Gasteiger partial charge in [0.2, 0.25) is 0 Å². The molecule has 0 radical (unpaired) electrons. The third kappa shape index (κ3) is 2.83. The van der Waals surface area contributed by atoms with Crippen molar-refractivity contribution in [3.8, 4) is 0 Å². The minimum Gasteiger partial charge on any atom is -0.311 e. The smallest absolute Gasteiger partial charge is 0.193 e. The van der Waals surface area contributed by atoms with E-state index in [-0.39, 0.29) is 5.82 Å². The van der Waals surface area contributed by atoms with E-state index < -0.39 is 0 Å². The zero-order chi connectivity index (χ0) is 13.1. The molecule has 0 fully saturated rings. The molecule has 3 nitrogen and oxygen atoms in total. The van der Waals surface area contributed by atoms with Crippen LogP contribution in [0.1, 0.15) is 11.3 Å². The molecule has 0 aliphatic carbocycles. The first kappa shape index (κ1) is 12.3. The second-order valence-corrected chi connectivity index (χ2v) is 5.22. The Morgan fingerprint density at radius 2 is 2.21 bits per heavy atom. The fraction of sp³-hybridized carbons (Fsp3) is 0.214. The lowest BCUT2D eigenvalue weighted by molar-refractivity contribution is 0.597. The number of halogens is 1. The molecule has 0 aliphatic heterocycles. The van der Waals surface area contributed by atoms with Crippen LogP contribution in [0.15, 0.2) is 42.0 Å². The van der Waals surface area contributed by atoms with E-state index in [0.29, 0.717) is 13.0 Å². The standard InChI is InChI=1S/C14H14FN3S/c15-13-4-2-1-3-11(13)5-6-16-9-12-10-18-7-8-19-14(18)17-12/h1-4,7-8,10,16H,5-6,9H2. The molecule has 1 aromatic carbocycles. The Hall–Kier alpha value is -1.72. The molecule has 2 heterocycles. The summed E-state index contributed by atoms with van der Waals surface area (Å²) in [5, 5.41) is 5.30. The van der Waals surface area contributed by atoms with Gasteiger partial charge in [0.15, 0.2) is 4.96 Å². The summed E-state index contributed by atoms with van der Waals surface area (Å²) in [7, 11) is 0. The summed E-state index contributed by atoms with van der Waals surface area (Å²) < 4.78 is 15.4. The van der Waals surface area contributed by atoms with E-state index in [2.05, 4.69) is 10.3 Å². The highest BCUT2D eigenvalue weighted by molar-refractivity contribution is 7.15. The van der Waals surface area contributed by atoms with Gasteiger partial charge in [-0.15, -0.1) is 11.3 Å². The van der Waals surface area contributed by atoms with Crippen LogP contribution >= 0.6 is 11.3 Å². The molecule has 0 aliphatic rings. The van der Waals surface area contributed by atoms with Crippen LogP contribution in [0.25, 0.3) is 4.96 Å². The maximum atomic E-state index is 13.4. The van der Waals surface area contributed by atoms with Gasteiger partial charge < -0.3 is 5.32 Å². The highest BCUT2D eigenvalue weighted by Gasteiger charge is 2.03. The van der Waals surface area contributed by atoms with Gasteiger partial charge >= 0.3 is 0 Å². The molecule has 2 aromatic heterocycles. The predicted molar refractivity (Wildman–Crippen MR) is 74.9 cm³/mol. The summed E-state index contributed by atoms with van der Waals surface area (Å²) in [6.45, 7) is 1.45. The van der Waals surface area contributed by atoms with Crippen LogP contribution in [0.4, 0.5) is 4.39 Å². The Labute approximate surface area is 114 Å². The number of aromatic nitrogens is 2. The van der Waals surface area contributed by atoms with E-state index in [1.54, 1.807) is 17.4 Å². The van der Waals surface area contributed by atoms with Gasteiger partial charge in [-0.25, -0.2) is 9.37 Å². The second-order valence-electron chi connectivity index (χ2n) is 4.34. The van der Waals surface area contributed by atoms with E-state index >= 15 is 0 Å².